The maximum atomic E-state index is 12.5. The molecule has 7 nitrogen and oxygen atoms in total. The average Bonchev–Trinajstić information content (AvgIpc) is 3.37. The highest BCUT2D eigenvalue weighted by atomic mass is 16.3. The normalized spacial score (nSPS) is 23.2. The van der Waals surface area contributed by atoms with Gasteiger partial charge < -0.3 is 14.9 Å². The summed E-state index contributed by atoms with van der Waals surface area (Å²) >= 11 is 0. The summed E-state index contributed by atoms with van der Waals surface area (Å²) in [5, 5.41) is 20.5. The Morgan fingerprint density at radius 3 is 2.47 bits per heavy atom. The van der Waals surface area contributed by atoms with Crippen molar-refractivity contribution in [2.24, 2.45) is 11.3 Å². The third-order valence-electron chi connectivity index (χ3n) is 8.91. The molecule has 0 aliphatic carbocycles. The first-order valence-corrected chi connectivity index (χ1v) is 13.8. The fourth-order valence-electron chi connectivity index (χ4n) is 6.69. The second-order valence-corrected chi connectivity index (χ2v) is 12.2. The molecule has 2 fully saturated rings. The molecule has 0 spiro atoms. The van der Waals surface area contributed by atoms with E-state index in [1.54, 1.807) is 13.1 Å². The van der Waals surface area contributed by atoms with E-state index in [1.807, 2.05) is 11.1 Å². The number of carbonyl (C=O) groups is 1. The number of aromatic nitrogens is 3. The highest BCUT2D eigenvalue weighted by Crippen LogP contribution is 2.50. The van der Waals surface area contributed by atoms with E-state index >= 15 is 0 Å². The van der Waals surface area contributed by atoms with Gasteiger partial charge in [-0.1, -0.05) is 52.0 Å². The SMILES string of the molecule is CC(=O)N1CCC(c2cc(-c3cncc([C@@](O)(c4ccc(C(C)C)cc4)C4(C)CN(C)C4)c3)n[nH]2)C(C)C1. The molecule has 202 valence electrons. The van der Waals surface area contributed by atoms with Gasteiger partial charge in [-0.3, -0.25) is 14.9 Å². The van der Waals surface area contributed by atoms with Crippen molar-refractivity contribution in [1.29, 1.82) is 0 Å². The first-order chi connectivity index (χ1) is 18.0. The van der Waals surface area contributed by atoms with E-state index in [9.17, 15) is 9.90 Å². The third kappa shape index (κ3) is 4.56. The van der Waals surface area contributed by atoms with Crippen LogP contribution in [0.2, 0.25) is 0 Å². The molecular weight excluding hydrogens is 474 g/mol. The average molecular weight is 516 g/mol. The van der Waals surface area contributed by atoms with Gasteiger partial charge in [0.25, 0.3) is 0 Å². The number of pyridine rings is 1. The van der Waals surface area contributed by atoms with E-state index in [2.05, 4.69) is 91.2 Å². The lowest BCUT2D eigenvalue weighted by atomic mass is 9.62. The zero-order chi connectivity index (χ0) is 27.2. The summed E-state index contributed by atoms with van der Waals surface area (Å²) in [7, 11) is 2.09. The van der Waals surface area contributed by atoms with Gasteiger partial charge in [0.2, 0.25) is 5.91 Å². The molecule has 2 aromatic heterocycles. The number of nitrogens with one attached hydrogen (secondary N) is 1. The van der Waals surface area contributed by atoms with E-state index in [0.717, 1.165) is 60.7 Å². The first kappa shape index (κ1) is 26.6. The highest BCUT2D eigenvalue weighted by Gasteiger charge is 2.55. The molecule has 2 saturated heterocycles. The fraction of sp³-hybridized carbons (Fsp3) is 0.516. The maximum Gasteiger partial charge on any atom is 0.219 e. The predicted octanol–water partition coefficient (Wildman–Crippen LogP) is 4.75. The zero-order valence-electron chi connectivity index (χ0n) is 23.5. The Bertz CT molecular complexity index is 1290. The van der Waals surface area contributed by atoms with E-state index in [1.165, 1.54) is 5.56 Å². The van der Waals surface area contributed by atoms with Crippen LogP contribution in [-0.4, -0.2) is 69.2 Å². The van der Waals surface area contributed by atoms with Gasteiger partial charge in [0.15, 0.2) is 0 Å². The quantitative estimate of drug-likeness (QED) is 0.495. The largest absolute Gasteiger partial charge is 0.380 e. The summed E-state index contributed by atoms with van der Waals surface area (Å²) in [6, 6.07) is 12.6. The van der Waals surface area contributed by atoms with Gasteiger partial charge in [-0.05, 0) is 48.6 Å². The van der Waals surface area contributed by atoms with Crippen LogP contribution in [0.3, 0.4) is 0 Å². The van der Waals surface area contributed by atoms with Crippen molar-refractivity contribution in [1.82, 2.24) is 25.0 Å². The highest BCUT2D eigenvalue weighted by molar-refractivity contribution is 5.73. The lowest BCUT2D eigenvalue weighted by Crippen LogP contribution is -2.63. The molecule has 2 N–H and O–H groups in total. The molecule has 1 aromatic carbocycles. The van der Waals surface area contributed by atoms with Crippen LogP contribution in [0, 0.1) is 11.3 Å². The van der Waals surface area contributed by atoms with Crippen LogP contribution in [0.5, 0.6) is 0 Å². The smallest absolute Gasteiger partial charge is 0.219 e. The molecule has 0 bridgehead atoms. The van der Waals surface area contributed by atoms with Crippen molar-refractivity contribution in [3.05, 3.63) is 71.2 Å². The van der Waals surface area contributed by atoms with Crippen LogP contribution < -0.4 is 0 Å². The van der Waals surface area contributed by atoms with Crippen LogP contribution in [0.1, 0.15) is 75.3 Å². The summed E-state index contributed by atoms with van der Waals surface area (Å²) in [4.78, 5) is 20.6. The Labute approximate surface area is 226 Å². The number of aliphatic hydroxyl groups is 1. The Hall–Kier alpha value is -3.03. The minimum absolute atomic E-state index is 0.140. The van der Waals surface area contributed by atoms with Gasteiger partial charge in [0.05, 0.1) is 5.69 Å². The molecule has 2 aliphatic heterocycles. The molecule has 2 unspecified atom stereocenters. The van der Waals surface area contributed by atoms with Crippen LogP contribution in [0.4, 0.5) is 0 Å². The van der Waals surface area contributed by atoms with E-state index in [4.69, 9.17) is 0 Å². The number of aromatic amines is 1. The molecule has 7 heteroatoms. The minimum Gasteiger partial charge on any atom is -0.380 e. The van der Waals surface area contributed by atoms with Crippen molar-refractivity contribution < 1.29 is 9.90 Å². The minimum atomic E-state index is -1.19. The van der Waals surface area contributed by atoms with Gasteiger partial charge in [0.1, 0.15) is 5.60 Å². The zero-order valence-corrected chi connectivity index (χ0v) is 23.5. The molecule has 5 rings (SSSR count). The Kier molecular flexibility index (Phi) is 6.95. The van der Waals surface area contributed by atoms with Crippen LogP contribution in [0.25, 0.3) is 11.3 Å². The number of likely N-dealkylation sites (tertiary alicyclic amines) is 2. The molecule has 3 atom stereocenters. The van der Waals surface area contributed by atoms with Crippen molar-refractivity contribution in [3.8, 4) is 11.3 Å². The summed E-state index contributed by atoms with van der Waals surface area (Å²) in [5.74, 6) is 1.24. The van der Waals surface area contributed by atoms with Crippen LogP contribution in [0.15, 0.2) is 48.8 Å². The Balaban J connectivity index is 1.48. The van der Waals surface area contributed by atoms with Crippen molar-refractivity contribution in [3.63, 3.8) is 0 Å². The molecule has 4 heterocycles. The van der Waals surface area contributed by atoms with E-state index < -0.39 is 5.60 Å². The van der Waals surface area contributed by atoms with Gasteiger partial charge in [-0.25, -0.2) is 0 Å². The molecule has 3 aromatic rings. The second kappa shape index (κ2) is 9.93. The summed E-state index contributed by atoms with van der Waals surface area (Å²) < 4.78 is 0. The summed E-state index contributed by atoms with van der Waals surface area (Å²) in [6.45, 7) is 13.5. The Morgan fingerprint density at radius 2 is 1.87 bits per heavy atom. The monoisotopic (exact) mass is 515 g/mol. The second-order valence-electron chi connectivity index (χ2n) is 12.2. The third-order valence-corrected chi connectivity index (χ3v) is 8.91. The van der Waals surface area contributed by atoms with E-state index in [0.29, 0.717) is 17.8 Å². The van der Waals surface area contributed by atoms with Gasteiger partial charge >= 0.3 is 0 Å². The number of nitrogens with zero attached hydrogens (tertiary/aromatic N) is 4. The lowest BCUT2D eigenvalue weighted by Gasteiger charge is -2.55. The number of hydrogen-bond acceptors (Lipinski definition) is 5. The number of benzene rings is 1. The summed E-state index contributed by atoms with van der Waals surface area (Å²) in [6.07, 6.45) is 4.54. The predicted molar refractivity (Wildman–Crippen MR) is 150 cm³/mol. The van der Waals surface area contributed by atoms with Crippen molar-refractivity contribution in [2.45, 2.75) is 58.5 Å². The standard InChI is InChI=1S/C31H41N5O2/c1-20(2)23-7-9-25(10-8-23)31(38,30(5)18-35(6)19-30)26-13-24(15-32-16-26)28-14-29(34-33-28)27-11-12-36(22(4)37)17-21(27)3/h7-10,13-16,20-21,27,38H,11-12,17-19H2,1-6H3,(H,33,34)/t21?,27?,31-/m0/s1. The Morgan fingerprint density at radius 1 is 1.16 bits per heavy atom. The molecule has 1 amide bonds. The number of carbonyl (C=O) groups excluding carboxylic acids is 1. The molecule has 0 saturated carbocycles. The molecule has 38 heavy (non-hydrogen) atoms. The van der Waals surface area contributed by atoms with Crippen LogP contribution >= 0.6 is 0 Å². The van der Waals surface area contributed by atoms with Crippen LogP contribution in [-0.2, 0) is 10.4 Å². The topological polar surface area (TPSA) is 85.3 Å². The van der Waals surface area contributed by atoms with Crippen molar-refractivity contribution >= 4 is 5.91 Å². The fourth-order valence-corrected chi connectivity index (χ4v) is 6.69. The number of piperidine rings is 1. The van der Waals surface area contributed by atoms with Gasteiger partial charge in [-0.15, -0.1) is 0 Å². The van der Waals surface area contributed by atoms with Gasteiger partial charge in [0, 0.05) is 73.7 Å². The molecule has 0 radical (unpaired) electrons. The van der Waals surface area contributed by atoms with Gasteiger partial charge in [-0.2, -0.15) is 5.10 Å². The molecular formula is C31H41N5O2. The summed E-state index contributed by atoms with van der Waals surface area (Å²) in [5.41, 5.74) is 4.19. The first-order valence-electron chi connectivity index (χ1n) is 13.8. The van der Waals surface area contributed by atoms with E-state index in [-0.39, 0.29) is 11.3 Å². The number of H-pyrrole nitrogens is 1. The van der Waals surface area contributed by atoms with Crippen molar-refractivity contribution in [2.75, 3.05) is 33.2 Å². The number of amides is 1. The lowest BCUT2D eigenvalue weighted by molar-refractivity contribution is -0.130. The maximum absolute atomic E-state index is 12.5. The molecule has 2 aliphatic rings. The number of rotatable bonds is 6. The number of hydrogen-bond donors (Lipinski definition) is 2.